The van der Waals surface area contributed by atoms with Crippen LogP contribution in [0.2, 0.25) is 0 Å². The number of carboxylic acid groups (broad SMARTS) is 1. The van der Waals surface area contributed by atoms with Crippen LogP contribution in [0, 0.1) is 5.41 Å². The van der Waals surface area contributed by atoms with Crippen molar-refractivity contribution in [3.8, 4) is 5.75 Å². The Labute approximate surface area is 228 Å². The van der Waals surface area contributed by atoms with Gasteiger partial charge in [-0.05, 0) is 23.6 Å². The molecule has 0 spiro atoms. The van der Waals surface area contributed by atoms with E-state index in [-0.39, 0.29) is 17.0 Å². The number of nitrogens with zero attached hydrogens (tertiary/aromatic N) is 5. The third-order valence-corrected chi connectivity index (χ3v) is 7.43. The second-order valence-corrected chi connectivity index (χ2v) is 11.2. The minimum absolute atomic E-state index is 0.170. The molecule has 4 N–H and O–H groups in total. The lowest BCUT2D eigenvalue weighted by Gasteiger charge is -2.46. The summed E-state index contributed by atoms with van der Waals surface area (Å²) in [6.45, 7) is 7.69. The van der Waals surface area contributed by atoms with Crippen molar-refractivity contribution >= 4 is 56.3 Å². The molecule has 0 radical (unpaired) electrons. The molecule has 0 bridgehead atoms. The largest absolute Gasteiger partial charge is 0.494 e. The van der Waals surface area contributed by atoms with Crippen molar-refractivity contribution in [1.82, 2.24) is 25.1 Å². The van der Waals surface area contributed by atoms with Gasteiger partial charge in [-0.1, -0.05) is 20.8 Å². The van der Waals surface area contributed by atoms with E-state index in [2.05, 4.69) is 56.5 Å². The Bertz CT molecular complexity index is 1550. The van der Waals surface area contributed by atoms with Crippen LogP contribution in [0.4, 0.5) is 32.9 Å². The van der Waals surface area contributed by atoms with Crippen molar-refractivity contribution < 1.29 is 14.6 Å². The zero-order valence-electron chi connectivity index (χ0n) is 22.1. The minimum atomic E-state index is -0.900. The summed E-state index contributed by atoms with van der Waals surface area (Å²) in [7, 11) is 1.58. The highest BCUT2D eigenvalue weighted by Crippen LogP contribution is 2.36. The number of aromatic amines is 1. The number of fused-ring (bicyclic) bond motifs is 1. The Balaban J connectivity index is 1.47. The number of rotatable bonds is 6. The van der Waals surface area contributed by atoms with E-state index in [9.17, 15) is 14.7 Å². The molecule has 4 aromatic rings. The maximum absolute atomic E-state index is 12.7. The van der Waals surface area contributed by atoms with Gasteiger partial charge in [0.25, 0.3) is 5.56 Å². The topological polar surface area (TPSA) is 149 Å². The molecule has 5 rings (SSSR count). The zero-order valence-corrected chi connectivity index (χ0v) is 22.9. The van der Waals surface area contributed by atoms with E-state index in [1.807, 2.05) is 23.6 Å². The van der Waals surface area contributed by atoms with Gasteiger partial charge >= 0.3 is 6.09 Å². The smallest absolute Gasteiger partial charge is 0.407 e. The lowest BCUT2D eigenvalue weighted by Crippen LogP contribution is -2.59. The molecule has 0 saturated carbocycles. The average molecular weight is 551 g/mol. The number of nitrogens with one attached hydrogen (secondary N) is 3. The van der Waals surface area contributed by atoms with Crippen LogP contribution < -0.4 is 25.8 Å². The summed E-state index contributed by atoms with van der Waals surface area (Å²) in [5.41, 5.74) is 0.933. The standard InChI is InChI=1S/C26H30N8O4S/c1-26(2,3)19-14-33(8-9-34(19)25(36)37)16-5-6-17(18(12-16)38-4)29-22-21-15(13-28-32-23(21)35)11-20(30-22)31-24-27-7-10-39-24/h5-7,10-13,19H,8-9,14H2,1-4H3,(H,32,35)(H,36,37)(H2,27,29,30,31). The van der Waals surface area contributed by atoms with Crippen LogP contribution >= 0.6 is 11.3 Å². The maximum atomic E-state index is 12.7. The van der Waals surface area contributed by atoms with Gasteiger partial charge in [0.15, 0.2) is 5.13 Å². The van der Waals surface area contributed by atoms with Gasteiger partial charge in [0.1, 0.15) is 17.4 Å². The van der Waals surface area contributed by atoms with Crippen molar-refractivity contribution in [3.63, 3.8) is 0 Å². The molecule has 1 aromatic carbocycles. The highest BCUT2D eigenvalue weighted by atomic mass is 32.1. The number of carbonyl (C=O) groups is 1. The van der Waals surface area contributed by atoms with Crippen LogP contribution in [0.3, 0.4) is 0 Å². The summed E-state index contributed by atoms with van der Waals surface area (Å²) in [5, 5.41) is 26.0. The predicted molar refractivity (Wildman–Crippen MR) is 152 cm³/mol. The van der Waals surface area contributed by atoms with Gasteiger partial charge in [-0.3, -0.25) is 4.79 Å². The number of ether oxygens (including phenoxy) is 1. The summed E-state index contributed by atoms with van der Waals surface area (Å²) in [5.74, 6) is 1.40. The number of methoxy groups -OCH3 is 1. The third-order valence-electron chi connectivity index (χ3n) is 6.74. The highest BCUT2D eigenvalue weighted by molar-refractivity contribution is 7.13. The van der Waals surface area contributed by atoms with Gasteiger partial charge in [0, 0.05) is 48.4 Å². The van der Waals surface area contributed by atoms with E-state index in [0.717, 1.165) is 5.69 Å². The van der Waals surface area contributed by atoms with Gasteiger partial charge in [0.2, 0.25) is 0 Å². The van der Waals surface area contributed by atoms with Gasteiger partial charge in [-0.2, -0.15) is 5.10 Å². The molecular formula is C26H30N8O4S. The van der Waals surface area contributed by atoms with Crippen molar-refractivity contribution in [1.29, 1.82) is 0 Å². The average Bonchev–Trinajstić information content (AvgIpc) is 3.41. The Morgan fingerprint density at radius 1 is 1.23 bits per heavy atom. The van der Waals surface area contributed by atoms with Gasteiger partial charge in [-0.25, -0.2) is 19.9 Å². The van der Waals surface area contributed by atoms with E-state index in [0.29, 0.717) is 58.6 Å². The van der Waals surface area contributed by atoms with Gasteiger partial charge < -0.3 is 30.3 Å². The molecule has 1 fully saturated rings. The van der Waals surface area contributed by atoms with Crippen molar-refractivity contribution in [3.05, 3.63) is 52.4 Å². The summed E-state index contributed by atoms with van der Waals surface area (Å²) in [4.78, 5) is 37.1. The second kappa shape index (κ2) is 10.4. The maximum Gasteiger partial charge on any atom is 0.407 e. The minimum Gasteiger partial charge on any atom is -0.494 e. The first kappa shape index (κ1) is 26.2. The molecule has 1 amide bonds. The van der Waals surface area contributed by atoms with E-state index < -0.39 is 6.09 Å². The molecule has 1 atom stereocenters. The monoisotopic (exact) mass is 550 g/mol. The number of thiazole rings is 1. The summed E-state index contributed by atoms with van der Waals surface area (Å²) in [6.07, 6.45) is 2.36. The van der Waals surface area contributed by atoms with Crippen molar-refractivity contribution in [2.75, 3.05) is 42.3 Å². The summed E-state index contributed by atoms with van der Waals surface area (Å²) < 4.78 is 5.72. The number of hydrogen-bond donors (Lipinski definition) is 4. The first-order valence-corrected chi connectivity index (χ1v) is 13.3. The molecule has 1 saturated heterocycles. The number of pyridine rings is 1. The van der Waals surface area contributed by atoms with Gasteiger partial charge in [-0.15, -0.1) is 11.3 Å². The Hall–Kier alpha value is -4.39. The quantitative estimate of drug-likeness (QED) is 0.271. The molecular weight excluding hydrogens is 520 g/mol. The molecule has 0 aliphatic carbocycles. The van der Waals surface area contributed by atoms with E-state index in [1.54, 1.807) is 25.6 Å². The number of amides is 1. The molecule has 39 heavy (non-hydrogen) atoms. The lowest BCUT2D eigenvalue weighted by atomic mass is 9.84. The Morgan fingerprint density at radius 2 is 2.05 bits per heavy atom. The number of piperazine rings is 1. The third kappa shape index (κ3) is 5.43. The van der Waals surface area contributed by atoms with E-state index in [4.69, 9.17) is 4.74 Å². The molecule has 12 nitrogen and oxygen atoms in total. The normalized spacial score (nSPS) is 15.8. The summed E-state index contributed by atoms with van der Waals surface area (Å²) >= 11 is 1.43. The van der Waals surface area contributed by atoms with Crippen molar-refractivity contribution in [2.45, 2.75) is 26.8 Å². The highest BCUT2D eigenvalue weighted by Gasteiger charge is 2.38. The van der Waals surface area contributed by atoms with Crippen LogP contribution in [0.15, 0.2) is 46.8 Å². The number of hydrogen-bond acceptors (Lipinski definition) is 10. The second-order valence-electron chi connectivity index (χ2n) is 10.3. The van der Waals surface area contributed by atoms with Crippen LogP contribution in [0.1, 0.15) is 20.8 Å². The first-order chi connectivity index (χ1) is 18.6. The lowest BCUT2D eigenvalue weighted by molar-refractivity contribution is 0.0748. The number of anilines is 5. The molecule has 4 heterocycles. The van der Waals surface area contributed by atoms with Gasteiger partial charge in [0.05, 0.1) is 30.4 Å². The number of H-pyrrole nitrogens is 1. The molecule has 1 aliphatic rings. The SMILES string of the molecule is COc1cc(N2CCN(C(=O)O)C(C(C)(C)C)C2)ccc1Nc1nc(Nc2nccs2)cc2cn[nH]c(=O)c12. The molecule has 13 heteroatoms. The number of aromatic nitrogens is 4. The van der Waals surface area contributed by atoms with Crippen LogP contribution in [0.25, 0.3) is 10.8 Å². The van der Waals surface area contributed by atoms with Crippen LogP contribution in [-0.2, 0) is 0 Å². The molecule has 1 aliphatic heterocycles. The van der Waals surface area contributed by atoms with E-state index in [1.165, 1.54) is 16.2 Å². The molecule has 204 valence electrons. The Kier molecular flexibility index (Phi) is 7.00. The van der Waals surface area contributed by atoms with Crippen LogP contribution in [-0.4, -0.2) is 69.1 Å². The zero-order chi connectivity index (χ0) is 27.7. The van der Waals surface area contributed by atoms with Crippen molar-refractivity contribution in [2.24, 2.45) is 5.41 Å². The fraction of sp³-hybridized carbons (Fsp3) is 0.346. The fourth-order valence-electron chi connectivity index (χ4n) is 4.77. The molecule has 3 aromatic heterocycles. The predicted octanol–water partition coefficient (Wildman–Crippen LogP) is 4.49. The molecule has 1 unspecified atom stereocenters. The van der Waals surface area contributed by atoms with E-state index >= 15 is 0 Å². The summed E-state index contributed by atoms with van der Waals surface area (Å²) in [6, 6.07) is 7.30. The Morgan fingerprint density at radius 3 is 2.74 bits per heavy atom. The first-order valence-electron chi connectivity index (χ1n) is 12.4. The fourth-order valence-corrected chi connectivity index (χ4v) is 5.30. The number of benzene rings is 1. The van der Waals surface area contributed by atoms with Crippen LogP contribution in [0.5, 0.6) is 5.75 Å².